The first-order valence-corrected chi connectivity index (χ1v) is 8.91. The molecule has 1 saturated heterocycles. The van der Waals surface area contributed by atoms with Crippen LogP contribution < -0.4 is 14.8 Å². The first-order chi connectivity index (χ1) is 10.5. The Morgan fingerprint density at radius 3 is 2.73 bits per heavy atom. The zero-order chi connectivity index (χ0) is 16.1. The maximum atomic E-state index is 11.7. The third-order valence-electron chi connectivity index (χ3n) is 2.72. The lowest BCUT2D eigenvalue weighted by atomic mass is 10.2. The third-order valence-corrected chi connectivity index (χ3v) is 4.47. The lowest BCUT2D eigenvalue weighted by Crippen LogP contribution is -2.17. The average Bonchev–Trinajstić information content (AvgIpc) is 2.76. The number of rotatable bonds is 6. The van der Waals surface area contributed by atoms with Crippen molar-refractivity contribution < 1.29 is 14.3 Å². The molecule has 0 aliphatic carbocycles. The van der Waals surface area contributed by atoms with E-state index in [1.54, 1.807) is 6.08 Å². The molecule has 1 aromatic rings. The first-order valence-electron chi connectivity index (χ1n) is 6.89. The number of hydrogen-bond acceptors (Lipinski definition) is 5. The van der Waals surface area contributed by atoms with Crippen LogP contribution in [0.3, 0.4) is 0 Å². The van der Waals surface area contributed by atoms with Crippen LogP contribution in [0.5, 0.6) is 11.5 Å². The molecule has 1 aliphatic rings. The summed E-state index contributed by atoms with van der Waals surface area (Å²) in [6, 6.07) is 3.76. The number of nitrogens with one attached hydrogen (secondary N) is 1. The molecule has 0 saturated carbocycles. The Morgan fingerprint density at radius 1 is 1.36 bits per heavy atom. The molecule has 1 aliphatic heterocycles. The van der Waals surface area contributed by atoms with Gasteiger partial charge in [0.05, 0.1) is 22.6 Å². The minimum Gasteiger partial charge on any atom is -0.490 e. The highest BCUT2D eigenvalue weighted by Gasteiger charge is 2.22. The van der Waals surface area contributed by atoms with Gasteiger partial charge in [0.1, 0.15) is 4.32 Å². The Balaban J connectivity index is 2.35. The average molecular weight is 402 g/mol. The van der Waals surface area contributed by atoms with Crippen LogP contribution in [0.2, 0.25) is 0 Å². The number of carbonyl (C=O) groups is 1. The Hall–Kier alpha value is -1.05. The smallest absolute Gasteiger partial charge is 0.263 e. The van der Waals surface area contributed by atoms with E-state index in [1.807, 2.05) is 26.0 Å². The van der Waals surface area contributed by atoms with Gasteiger partial charge in [-0.2, -0.15) is 0 Å². The largest absolute Gasteiger partial charge is 0.490 e. The Morgan fingerprint density at radius 2 is 2.14 bits per heavy atom. The van der Waals surface area contributed by atoms with Crippen molar-refractivity contribution in [3.63, 3.8) is 0 Å². The molecule has 1 amide bonds. The number of halogens is 1. The number of benzene rings is 1. The topological polar surface area (TPSA) is 47.6 Å². The van der Waals surface area contributed by atoms with Gasteiger partial charge in [-0.1, -0.05) is 30.9 Å². The van der Waals surface area contributed by atoms with Crippen molar-refractivity contribution in [2.45, 2.75) is 20.3 Å². The van der Waals surface area contributed by atoms with Crippen LogP contribution in [-0.2, 0) is 4.79 Å². The molecule has 0 atom stereocenters. The molecule has 2 rings (SSSR count). The molecular formula is C15H16BrNO3S2. The summed E-state index contributed by atoms with van der Waals surface area (Å²) in [4.78, 5) is 12.3. The zero-order valence-corrected chi connectivity index (χ0v) is 15.5. The van der Waals surface area contributed by atoms with Crippen LogP contribution in [0.15, 0.2) is 21.5 Å². The van der Waals surface area contributed by atoms with Crippen LogP contribution in [0.1, 0.15) is 25.8 Å². The van der Waals surface area contributed by atoms with E-state index < -0.39 is 0 Å². The number of amides is 1. The van der Waals surface area contributed by atoms with Crippen LogP contribution in [-0.4, -0.2) is 23.4 Å². The van der Waals surface area contributed by atoms with Gasteiger partial charge in [0, 0.05) is 0 Å². The molecular weight excluding hydrogens is 386 g/mol. The normalized spacial score (nSPS) is 16.0. The summed E-state index contributed by atoms with van der Waals surface area (Å²) < 4.78 is 12.7. The molecule has 0 radical (unpaired) electrons. The van der Waals surface area contributed by atoms with Gasteiger partial charge in [-0.25, -0.2) is 0 Å². The maximum Gasteiger partial charge on any atom is 0.263 e. The second kappa shape index (κ2) is 7.99. The summed E-state index contributed by atoms with van der Waals surface area (Å²) in [7, 11) is 0. The predicted molar refractivity (Wildman–Crippen MR) is 97.4 cm³/mol. The van der Waals surface area contributed by atoms with Crippen LogP contribution in [0, 0.1) is 0 Å². The summed E-state index contributed by atoms with van der Waals surface area (Å²) in [5, 5.41) is 2.60. The summed E-state index contributed by atoms with van der Waals surface area (Å²) in [6.07, 6.45) is 2.70. The molecule has 1 fully saturated rings. The van der Waals surface area contributed by atoms with Crippen LogP contribution >= 0.6 is 39.9 Å². The van der Waals surface area contributed by atoms with Gasteiger partial charge in [0.15, 0.2) is 11.5 Å². The number of ether oxygens (including phenoxy) is 2. The number of thioether (sulfide) groups is 1. The minimum atomic E-state index is -0.171. The van der Waals surface area contributed by atoms with Gasteiger partial charge in [-0.05, 0) is 53.0 Å². The fourth-order valence-electron chi connectivity index (χ4n) is 1.85. The van der Waals surface area contributed by atoms with Gasteiger partial charge < -0.3 is 14.8 Å². The van der Waals surface area contributed by atoms with E-state index in [1.165, 1.54) is 11.8 Å². The van der Waals surface area contributed by atoms with Crippen molar-refractivity contribution in [3.8, 4) is 11.5 Å². The Labute approximate surface area is 147 Å². The van der Waals surface area contributed by atoms with E-state index in [0.717, 1.165) is 16.5 Å². The van der Waals surface area contributed by atoms with Crippen molar-refractivity contribution >= 4 is 56.2 Å². The highest BCUT2D eigenvalue weighted by Crippen LogP contribution is 2.38. The highest BCUT2D eigenvalue weighted by molar-refractivity contribution is 9.10. The van der Waals surface area contributed by atoms with Gasteiger partial charge in [-0.3, -0.25) is 4.79 Å². The van der Waals surface area contributed by atoms with Crippen LogP contribution in [0.25, 0.3) is 6.08 Å². The summed E-state index contributed by atoms with van der Waals surface area (Å²) in [5.41, 5.74) is 0.849. The molecule has 0 aromatic heterocycles. The maximum absolute atomic E-state index is 11.7. The molecule has 0 unspecified atom stereocenters. The van der Waals surface area contributed by atoms with Gasteiger partial charge in [-0.15, -0.1) is 0 Å². The molecule has 0 spiro atoms. The molecule has 1 aromatic carbocycles. The highest BCUT2D eigenvalue weighted by atomic mass is 79.9. The predicted octanol–water partition coefficient (Wildman–Crippen LogP) is 4.13. The fraction of sp³-hybridized carbons (Fsp3) is 0.333. The van der Waals surface area contributed by atoms with E-state index in [9.17, 15) is 4.79 Å². The van der Waals surface area contributed by atoms with Crippen molar-refractivity contribution in [2.24, 2.45) is 0 Å². The summed E-state index contributed by atoms with van der Waals surface area (Å²) in [5.74, 6) is 1.17. The monoisotopic (exact) mass is 401 g/mol. The Bertz CT molecular complexity index is 631. The van der Waals surface area contributed by atoms with Gasteiger partial charge in [0.2, 0.25) is 0 Å². The molecule has 22 heavy (non-hydrogen) atoms. The third kappa shape index (κ3) is 4.24. The minimum absolute atomic E-state index is 0.171. The molecule has 4 nitrogen and oxygen atoms in total. The van der Waals surface area contributed by atoms with Crippen molar-refractivity contribution in [1.29, 1.82) is 0 Å². The molecule has 118 valence electrons. The van der Waals surface area contributed by atoms with E-state index in [4.69, 9.17) is 21.7 Å². The second-order valence-electron chi connectivity index (χ2n) is 4.46. The van der Waals surface area contributed by atoms with Crippen molar-refractivity contribution in [3.05, 3.63) is 27.1 Å². The second-order valence-corrected chi connectivity index (χ2v) is 7.04. The SMILES string of the molecule is CCCOc1c(Br)cc(C=C2SC(=S)NC2=O)cc1OCC. The van der Waals surface area contributed by atoms with E-state index in [0.29, 0.717) is 33.9 Å². The zero-order valence-electron chi connectivity index (χ0n) is 12.3. The molecule has 0 bridgehead atoms. The summed E-state index contributed by atoms with van der Waals surface area (Å²) >= 11 is 9.75. The molecule has 7 heteroatoms. The number of carbonyl (C=O) groups excluding carboxylic acids is 1. The lowest BCUT2D eigenvalue weighted by molar-refractivity contribution is -0.115. The summed E-state index contributed by atoms with van der Waals surface area (Å²) in [6.45, 7) is 5.12. The fourth-order valence-corrected chi connectivity index (χ4v) is 3.47. The standard InChI is InChI=1S/C15H16BrNO3S2/c1-3-5-20-13-10(16)6-9(7-11(13)19-4-2)8-12-14(18)17-15(21)22-12/h6-8H,3-5H2,1-2H3,(H,17,18,21). The van der Waals surface area contributed by atoms with E-state index >= 15 is 0 Å². The Kier molecular flexibility index (Phi) is 6.28. The van der Waals surface area contributed by atoms with Crippen LogP contribution in [0.4, 0.5) is 0 Å². The van der Waals surface area contributed by atoms with Gasteiger partial charge >= 0.3 is 0 Å². The van der Waals surface area contributed by atoms with Crippen molar-refractivity contribution in [2.75, 3.05) is 13.2 Å². The number of thiocarbonyl (C=S) groups is 1. The lowest BCUT2D eigenvalue weighted by Gasteiger charge is -2.14. The van der Waals surface area contributed by atoms with E-state index in [-0.39, 0.29) is 5.91 Å². The van der Waals surface area contributed by atoms with Crippen molar-refractivity contribution in [1.82, 2.24) is 5.32 Å². The molecule has 1 heterocycles. The first kappa shape index (κ1) is 17.3. The molecule has 1 N–H and O–H groups in total. The quantitative estimate of drug-likeness (QED) is 0.573. The van der Waals surface area contributed by atoms with E-state index in [2.05, 4.69) is 21.2 Å². The van der Waals surface area contributed by atoms with Gasteiger partial charge in [0.25, 0.3) is 5.91 Å². The number of hydrogen-bond donors (Lipinski definition) is 1.